The second-order valence-electron chi connectivity index (χ2n) is 4.37. The predicted molar refractivity (Wildman–Crippen MR) is 101 cm³/mol. The van der Waals surface area contributed by atoms with Crippen LogP contribution < -0.4 is 22.1 Å². The van der Waals surface area contributed by atoms with Crippen molar-refractivity contribution in [1.29, 1.82) is 0 Å². The maximum atomic E-state index is 11.0. The summed E-state index contributed by atoms with van der Waals surface area (Å²) in [5.74, 6) is -0.469. The van der Waals surface area contributed by atoms with E-state index in [1.165, 1.54) is 0 Å². The van der Waals surface area contributed by atoms with Crippen molar-refractivity contribution in [2.24, 2.45) is 5.73 Å². The number of halogens is 2. The number of rotatable bonds is 3. The van der Waals surface area contributed by atoms with Gasteiger partial charge in [0.05, 0.1) is 5.69 Å². The largest absolute Gasteiger partial charge is 0.397 e. The average Bonchev–Trinajstić information content (AvgIpc) is 2.45. The van der Waals surface area contributed by atoms with E-state index in [4.69, 9.17) is 23.7 Å². The number of anilines is 3. The van der Waals surface area contributed by atoms with Gasteiger partial charge in [-0.2, -0.15) is 0 Å². The monoisotopic (exact) mass is 442 g/mol. The third kappa shape index (κ3) is 4.19. The lowest BCUT2D eigenvalue weighted by Crippen LogP contribution is -2.19. The molecule has 2 rings (SSSR count). The minimum atomic E-state index is -0.469. The fourth-order valence-corrected chi connectivity index (χ4v) is 3.09. The Morgan fingerprint density at radius 3 is 2.00 bits per heavy atom. The molecule has 0 aromatic heterocycles. The zero-order chi connectivity index (χ0) is 16.3. The van der Waals surface area contributed by atoms with E-state index in [1.54, 1.807) is 24.3 Å². The molecule has 0 saturated heterocycles. The van der Waals surface area contributed by atoms with Gasteiger partial charge in [-0.15, -0.1) is 0 Å². The molecule has 2 aromatic rings. The lowest BCUT2D eigenvalue weighted by molar-refractivity contribution is 0.100. The molecule has 0 spiro atoms. The number of primary amides is 1. The molecule has 114 valence electrons. The summed E-state index contributed by atoms with van der Waals surface area (Å²) in [4.78, 5) is 11.0. The molecule has 5 nitrogen and oxygen atoms in total. The molecule has 0 bridgehead atoms. The van der Waals surface area contributed by atoms with E-state index in [2.05, 4.69) is 42.5 Å². The SMILES string of the molecule is NC(=O)c1ccc(NC(=S)Nc2cc(Br)c(N)c(Br)c2)cc1. The van der Waals surface area contributed by atoms with Gasteiger partial charge in [0.2, 0.25) is 5.91 Å². The summed E-state index contributed by atoms with van der Waals surface area (Å²) < 4.78 is 1.52. The molecule has 22 heavy (non-hydrogen) atoms. The first kappa shape index (κ1) is 16.7. The Labute approximate surface area is 149 Å². The van der Waals surface area contributed by atoms with Crippen molar-refractivity contribution in [3.8, 4) is 0 Å². The molecule has 0 radical (unpaired) electrons. The maximum Gasteiger partial charge on any atom is 0.248 e. The van der Waals surface area contributed by atoms with Crippen LogP contribution in [0.2, 0.25) is 0 Å². The molecule has 0 unspecified atom stereocenters. The highest BCUT2D eigenvalue weighted by Gasteiger charge is 2.06. The third-order valence-electron chi connectivity index (χ3n) is 2.76. The van der Waals surface area contributed by atoms with E-state index in [1.807, 2.05) is 12.1 Å². The van der Waals surface area contributed by atoms with Gasteiger partial charge in [-0.25, -0.2) is 0 Å². The van der Waals surface area contributed by atoms with Crippen LogP contribution in [0.15, 0.2) is 45.3 Å². The molecule has 0 aliphatic rings. The van der Waals surface area contributed by atoms with Crippen molar-refractivity contribution in [3.63, 3.8) is 0 Å². The zero-order valence-corrected chi connectivity index (χ0v) is 15.2. The van der Waals surface area contributed by atoms with Crippen LogP contribution in [0.25, 0.3) is 0 Å². The van der Waals surface area contributed by atoms with E-state index in [9.17, 15) is 4.79 Å². The van der Waals surface area contributed by atoms with Crippen molar-refractivity contribution in [2.45, 2.75) is 0 Å². The number of hydrogen-bond donors (Lipinski definition) is 4. The summed E-state index contributed by atoms with van der Waals surface area (Å²) in [6.45, 7) is 0. The van der Waals surface area contributed by atoms with Gasteiger partial charge in [0.25, 0.3) is 0 Å². The van der Waals surface area contributed by atoms with E-state index in [-0.39, 0.29) is 0 Å². The molecular weight excluding hydrogens is 432 g/mol. The lowest BCUT2D eigenvalue weighted by Gasteiger charge is -2.12. The molecule has 0 atom stereocenters. The summed E-state index contributed by atoms with van der Waals surface area (Å²) in [5.41, 5.74) is 13.6. The normalized spacial score (nSPS) is 10.1. The zero-order valence-electron chi connectivity index (χ0n) is 11.2. The van der Waals surface area contributed by atoms with Crippen molar-refractivity contribution < 1.29 is 4.79 Å². The van der Waals surface area contributed by atoms with Crippen LogP contribution in [0.5, 0.6) is 0 Å². The Morgan fingerprint density at radius 2 is 1.50 bits per heavy atom. The number of thiocarbonyl (C=S) groups is 1. The van der Waals surface area contributed by atoms with Gasteiger partial charge in [-0.3, -0.25) is 4.79 Å². The van der Waals surface area contributed by atoms with E-state index in [0.717, 1.165) is 20.3 Å². The molecule has 0 fully saturated rings. The van der Waals surface area contributed by atoms with Crippen molar-refractivity contribution in [1.82, 2.24) is 0 Å². The standard InChI is InChI=1S/C14H12Br2N4OS/c15-10-5-9(6-11(16)12(10)17)20-14(22)19-8-3-1-7(2-4-8)13(18)21/h1-6H,17H2,(H2,18,21)(H2,19,20,22). The molecule has 0 heterocycles. The number of carbonyl (C=O) groups is 1. The van der Waals surface area contributed by atoms with Crippen LogP contribution in [0.3, 0.4) is 0 Å². The Bertz CT molecular complexity index is 711. The first-order valence-corrected chi connectivity index (χ1v) is 8.08. The average molecular weight is 444 g/mol. The quantitative estimate of drug-likeness (QED) is 0.428. The summed E-state index contributed by atoms with van der Waals surface area (Å²) >= 11 is 12.0. The van der Waals surface area contributed by atoms with Gasteiger partial charge in [-0.1, -0.05) is 0 Å². The molecule has 8 heteroatoms. The highest BCUT2D eigenvalue weighted by Crippen LogP contribution is 2.31. The first-order valence-electron chi connectivity index (χ1n) is 6.09. The van der Waals surface area contributed by atoms with Crippen LogP contribution >= 0.6 is 44.1 Å². The van der Waals surface area contributed by atoms with Crippen molar-refractivity contribution >= 4 is 72.2 Å². The number of nitrogens with one attached hydrogen (secondary N) is 2. The number of nitrogens with two attached hydrogens (primary N) is 2. The molecule has 1 amide bonds. The van der Waals surface area contributed by atoms with Crippen LogP contribution in [0.4, 0.5) is 17.1 Å². The highest BCUT2D eigenvalue weighted by atomic mass is 79.9. The summed E-state index contributed by atoms with van der Waals surface area (Å²) in [6, 6.07) is 10.4. The molecule has 0 aliphatic heterocycles. The van der Waals surface area contributed by atoms with E-state index < -0.39 is 5.91 Å². The van der Waals surface area contributed by atoms with Crippen LogP contribution in [-0.2, 0) is 0 Å². The Hall–Kier alpha value is -1.64. The van der Waals surface area contributed by atoms with Gasteiger partial charge in [-0.05, 0) is 80.5 Å². The van der Waals surface area contributed by atoms with E-state index >= 15 is 0 Å². The maximum absolute atomic E-state index is 11.0. The second kappa shape index (κ2) is 7.08. The summed E-state index contributed by atoms with van der Waals surface area (Å²) in [6.07, 6.45) is 0. The van der Waals surface area contributed by atoms with Gasteiger partial charge < -0.3 is 22.1 Å². The Balaban J connectivity index is 2.05. The number of nitrogen functional groups attached to an aromatic ring is 1. The summed E-state index contributed by atoms with van der Waals surface area (Å²) in [7, 11) is 0. The first-order chi connectivity index (χ1) is 10.4. The second-order valence-corrected chi connectivity index (χ2v) is 6.49. The minimum absolute atomic E-state index is 0.412. The number of hydrogen-bond acceptors (Lipinski definition) is 3. The topological polar surface area (TPSA) is 93.2 Å². The molecular formula is C14H12Br2N4OS. The van der Waals surface area contributed by atoms with Gasteiger partial charge in [0, 0.05) is 25.9 Å². The van der Waals surface area contributed by atoms with Crippen molar-refractivity contribution in [3.05, 3.63) is 50.9 Å². The fraction of sp³-hybridized carbons (Fsp3) is 0. The Morgan fingerprint density at radius 1 is 1.00 bits per heavy atom. The smallest absolute Gasteiger partial charge is 0.248 e. The summed E-state index contributed by atoms with van der Waals surface area (Å²) in [5, 5.41) is 6.48. The highest BCUT2D eigenvalue weighted by molar-refractivity contribution is 9.11. The fourth-order valence-electron chi connectivity index (χ4n) is 1.67. The van der Waals surface area contributed by atoms with Crippen LogP contribution in [0, 0.1) is 0 Å². The number of benzene rings is 2. The van der Waals surface area contributed by atoms with Gasteiger partial charge in [0.15, 0.2) is 5.11 Å². The number of carbonyl (C=O) groups excluding carboxylic acids is 1. The van der Waals surface area contributed by atoms with Crippen LogP contribution in [0.1, 0.15) is 10.4 Å². The molecule has 6 N–H and O–H groups in total. The third-order valence-corrected chi connectivity index (χ3v) is 4.28. The van der Waals surface area contributed by atoms with Crippen LogP contribution in [-0.4, -0.2) is 11.0 Å². The minimum Gasteiger partial charge on any atom is -0.397 e. The predicted octanol–water partition coefficient (Wildman–Crippen LogP) is 3.70. The van der Waals surface area contributed by atoms with Crippen molar-refractivity contribution in [2.75, 3.05) is 16.4 Å². The molecule has 0 aliphatic carbocycles. The van der Waals surface area contributed by atoms with E-state index in [0.29, 0.717) is 16.4 Å². The Kier molecular flexibility index (Phi) is 5.38. The molecule has 2 aromatic carbocycles. The molecule has 0 saturated carbocycles. The number of amides is 1. The lowest BCUT2D eigenvalue weighted by atomic mass is 10.2. The van der Waals surface area contributed by atoms with Gasteiger partial charge in [0.1, 0.15) is 0 Å². The van der Waals surface area contributed by atoms with Gasteiger partial charge >= 0.3 is 0 Å².